The van der Waals surface area contributed by atoms with Gasteiger partial charge in [0, 0.05) is 26.1 Å². The molecule has 1 atom stereocenters. The number of hydrogen-bond acceptors (Lipinski definition) is 4. The summed E-state index contributed by atoms with van der Waals surface area (Å²) in [5.41, 5.74) is 0. The molecule has 0 heterocycles. The Morgan fingerprint density at radius 3 is 2.33 bits per heavy atom. The maximum atomic E-state index is 11.4. The third-order valence-corrected chi connectivity index (χ3v) is 2.63. The molecule has 0 aliphatic rings. The van der Waals surface area contributed by atoms with E-state index in [0.29, 0.717) is 6.54 Å². The molecule has 1 unspecified atom stereocenters. The van der Waals surface area contributed by atoms with Crippen LogP contribution in [0, 0.1) is 0 Å². The molecule has 0 spiro atoms. The van der Waals surface area contributed by atoms with Crippen molar-refractivity contribution in [1.29, 1.82) is 0 Å². The van der Waals surface area contributed by atoms with Gasteiger partial charge in [-0.3, -0.25) is 0 Å². The van der Waals surface area contributed by atoms with Crippen molar-refractivity contribution in [2.24, 2.45) is 0 Å². The Bertz CT molecular complexity index is 257. The minimum absolute atomic E-state index is 0.00119. The maximum absolute atomic E-state index is 11.4. The first-order valence-corrected chi connectivity index (χ1v) is 6.15. The number of carbonyl (C=O) groups excluding carboxylic acids is 1. The topological polar surface area (TPSA) is 102 Å². The average Bonchev–Trinajstić information content (AvgIpc) is 2.34. The van der Waals surface area contributed by atoms with Gasteiger partial charge in [-0.1, -0.05) is 13.8 Å². The van der Waals surface area contributed by atoms with Crippen LogP contribution >= 0.6 is 0 Å². The molecular formula is C11H23N3O4. The van der Waals surface area contributed by atoms with Gasteiger partial charge in [0.15, 0.2) is 0 Å². The molecule has 0 saturated carbocycles. The van der Waals surface area contributed by atoms with Crippen LogP contribution in [0.15, 0.2) is 0 Å². The normalized spacial score (nSPS) is 12.2. The van der Waals surface area contributed by atoms with Crippen LogP contribution in [-0.2, 0) is 4.79 Å². The summed E-state index contributed by atoms with van der Waals surface area (Å²) < 4.78 is 0. The number of amides is 2. The highest BCUT2D eigenvalue weighted by atomic mass is 16.4. The highest BCUT2D eigenvalue weighted by Crippen LogP contribution is 1.91. The zero-order chi connectivity index (χ0) is 14.0. The molecule has 0 aromatic heterocycles. The lowest BCUT2D eigenvalue weighted by atomic mass is 10.2. The van der Waals surface area contributed by atoms with E-state index in [4.69, 9.17) is 10.2 Å². The van der Waals surface area contributed by atoms with Crippen LogP contribution in [0.5, 0.6) is 0 Å². The Kier molecular flexibility index (Phi) is 8.95. The molecule has 2 amide bonds. The largest absolute Gasteiger partial charge is 0.480 e. The fourth-order valence-corrected chi connectivity index (χ4v) is 1.46. The van der Waals surface area contributed by atoms with Gasteiger partial charge in [-0.15, -0.1) is 0 Å². The number of aliphatic hydroxyl groups is 1. The minimum atomic E-state index is -1.15. The van der Waals surface area contributed by atoms with Crippen LogP contribution < -0.4 is 10.6 Å². The summed E-state index contributed by atoms with van der Waals surface area (Å²) >= 11 is 0. The van der Waals surface area contributed by atoms with Gasteiger partial charge in [0.2, 0.25) is 0 Å². The Balaban J connectivity index is 3.91. The standard InChI is InChI=1S/C11H23N3O4/c1-3-14(4-2)7-6-12-11(18)13-9(5-8-15)10(16)17/h9,15H,3-8H2,1-2H3,(H,16,17)(H2,12,13,18). The smallest absolute Gasteiger partial charge is 0.326 e. The number of carboxylic acids is 1. The van der Waals surface area contributed by atoms with E-state index in [9.17, 15) is 9.59 Å². The van der Waals surface area contributed by atoms with Crippen LogP contribution in [0.25, 0.3) is 0 Å². The first-order chi connectivity index (χ1) is 8.54. The van der Waals surface area contributed by atoms with Crippen molar-refractivity contribution < 1.29 is 19.8 Å². The average molecular weight is 261 g/mol. The van der Waals surface area contributed by atoms with Gasteiger partial charge in [-0.25, -0.2) is 9.59 Å². The lowest BCUT2D eigenvalue weighted by molar-refractivity contribution is -0.139. The number of urea groups is 1. The molecule has 0 radical (unpaired) electrons. The van der Waals surface area contributed by atoms with Gasteiger partial charge in [0.05, 0.1) is 0 Å². The number of rotatable bonds is 9. The number of hydrogen-bond donors (Lipinski definition) is 4. The number of aliphatic hydroxyl groups excluding tert-OH is 1. The second-order valence-electron chi connectivity index (χ2n) is 3.83. The molecule has 0 aliphatic carbocycles. The van der Waals surface area contributed by atoms with E-state index in [1.54, 1.807) is 0 Å². The van der Waals surface area contributed by atoms with Crippen molar-refractivity contribution in [1.82, 2.24) is 15.5 Å². The van der Waals surface area contributed by atoms with Crippen LogP contribution in [0.4, 0.5) is 4.79 Å². The molecule has 18 heavy (non-hydrogen) atoms. The van der Waals surface area contributed by atoms with E-state index in [1.807, 2.05) is 13.8 Å². The summed E-state index contributed by atoms with van der Waals surface area (Å²) in [6, 6.07) is -1.58. The SMILES string of the molecule is CCN(CC)CCNC(=O)NC(CCO)C(=O)O. The summed E-state index contributed by atoms with van der Waals surface area (Å²) in [7, 11) is 0. The Labute approximate surface area is 107 Å². The van der Waals surface area contributed by atoms with Crippen LogP contribution in [-0.4, -0.2) is 65.9 Å². The monoisotopic (exact) mass is 261 g/mol. The fourth-order valence-electron chi connectivity index (χ4n) is 1.46. The van der Waals surface area contributed by atoms with Gasteiger partial charge < -0.3 is 25.7 Å². The summed E-state index contributed by atoms with van der Waals surface area (Å²) in [5, 5.41) is 22.3. The Morgan fingerprint density at radius 1 is 1.28 bits per heavy atom. The van der Waals surface area contributed by atoms with Crippen molar-refractivity contribution >= 4 is 12.0 Å². The molecule has 106 valence electrons. The molecule has 4 N–H and O–H groups in total. The van der Waals surface area contributed by atoms with Crippen molar-refractivity contribution in [2.75, 3.05) is 32.8 Å². The van der Waals surface area contributed by atoms with Gasteiger partial charge in [-0.05, 0) is 13.1 Å². The van der Waals surface area contributed by atoms with Crippen molar-refractivity contribution in [3.63, 3.8) is 0 Å². The van der Waals surface area contributed by atoms with E-state index in [1.165, 1.54) is 0 Å². The van der Waals surface area contributed by atoms with Gasteiger partial charge in [-0.2, -0.15) is 0 Å². The Hall–Kier alpha value is -1.34. The molecule has 7 nitrogen and oxygen atoms in total. The fraction of sp³-hybridized carbons (Fsp3) is 0.818. The molecule has 0 aliphatic heterocycles. The van der Waals surface area contributed by atoms with Gasteiger partial charge >= 0.3 is 12.0 Å². The zero-order valence-corrected chi connectivity index (χ0v) is 11.0. The third kappa shape index (κ3) is 7.08. The summed E-state index contributed by atoms with van der Waals surface area (Å²) in [5.74, 6) is -1.15. The van der Waals surface area contributed by atoms with E-state index in [0.717, 1.165) is 19.6 Å². The highest BCUT2D eigenvalue weighted by Gasteiger charge is 2.18. The molecule has 0 fully saturated rings. The Morgan fingerprint density at radius 2 is 1.89 bits per heavy atom. The number of nitrogens with zero attached hydrogens (tertiary/aromatic N) is 1. The predicted molar refractivity (Wildman–Crippen MR) is 67.4 cm³/mol. The third-order valence-electron chi connectivity index (χ3n) is 2.63. The van der Waals surface area contributed by atoms with E-state index >= 15 is 0 Å². The second-order valence-corrected chi connectivity index (χ2v) is 3.83. The quantitative estimate of drug-likeness (QED) is 0.446. The first-order valence-electron chi connectivity index (χ1n) is 6.15. The summed E-state index contributed by atoms with van der Waals surface area (Å²) in [4.78, 5) is 24.3. The van der Waals surface area contributed by atoms with Crippen molar-refractivity contribution in [3.8, 4) is 0 Å². The molecule has 7 heteroatoms. The highest BCUT2D eigenvalue weighted by molar-refractivity contribution is 5.82. The lowest BCUT2D eigenvalue weighted by Gasteiger charge is -2.19. The maximum Gasteiger partial charge on any atom is 0.326 e. The minimum Gasteiger partial charge on any atom is -0.480 e. The number of nitrogens with one attached hydrogen (secondary N) is 2. The zero-order valence-electron chi connectivity index (χ0n) is 11.0. The molecule has 0 saturated heterocycles. The van der Waals surface area contributed by atoms with Crippen LogP contribution in [0.3, 0.4) is 0 Å². The van der Waals surface area contributed by atoms with E-state index in [-0.39, 0.29) is 13.0 Å². The van der Waals surface area contributed by atoms with Crippen molar-refractivity contribution in [3.05, 3.63) is 0 Å². The summed E-state index contributed by atoms with van der Waals surface area (Å²) in [6.07, 6.45) is -0.00119. The van der Waals surface area contributed by atoms with Gasteiger partial charge in [0.25, 0.3) is 0 Å². The molecule has 0 aromatic carbocycles. The van der Waals surface area contributed by atoms with E-state index in [2.05, 4.69) is 15.5 Å². The van der Waals surface area contributed by atoms with Gasteiger partial charge in [0.1, 0.15) is 6.04 Å². The molecule has 0 bridgehead atoms. The van der Waals surface area contributed by atoms with Crippen LogP contribution in [0.2, 0.25) is 0 Å². The molecule has 0 aromatic rings. The number of aliphatic carboxylic acids is 1. The second kappa shape index (κ2) is 9.67. The number of likely N-dealkylation sites (N-methyl/N-ethyl adjacent to an activating group) is 1. The van der Waals surface area contributed by atoms with E-state index < -0.39 is 18.0 Å². The van der Waals surface area contributed by atoms with Crippen molar-refractivity contribution in [2.45, 2.75) is 26.3 Å². The molecular weight excluding hydrogens is 238 g/mol. The lowest BCUT2D eigenvalue weighted by Crippen LogP contribution is -2.47. The number of carbonyl (C=O) groups is 2. The molecule has 0 rings (SSSR count). The number of carboxylic acid groups (broad SMARTS) is 1. The van der Waals surface area contributed by atoms with Crippen LogP contribution in [0.1, 0.15) is 20.3 Å². The predicted octanol–water partition coefficient (Wildman–Crippen LogP) is -0.537. The summed E-state index contributed by atoms with van der Waals surface area (Å²) in [6.45, 7) is 6.77. The first kappa shape index (κ1) is 16.7.